The summed E-state index contributed by atoms with van der Waals surface area (Å²) in [6.07, 6.45) is 1.58. The maximum Gasteiger partial charge on any atom is 0.298 e. The van der Waals surface area contributed by atoms with Crippen molar-refractivity contribution in [3.05, 3.63) is 46.9 Å². The summed E-state index contributed by atoms with van der Waals surface area (Å²) in [4.78, 5) is 26.3. The summed E-state index contributed by atoms with van der Waals surface area (Å²) in [6.45, 7) is 0. The predicted octanol–water partition coefficient (Wildman–Crippen LogP) is 3.66. The number of carbonyl (C=O) groups excluding carboxylic acids is 2. The van der Waals surface area contributed by atoms with Gasteiger partial charge < -0.3 is 19.3 Å². The minimum absolute atomic E-state index is 0.0276. The van der Waals surface area contributed by atoms with Gasteiger partial charge in [0.05, 0.1) is 31.9 Å². The van der Waals surface area contributed by atoms with Crippen LogP contribution in [0.25, 0.3) is 6.08 Å². The molecule has 1 fully saturated rings. The van der Waals surface area contributed by atoms with Crippen LogP contribution < -0.4 is 19.1 Å². The summed E-state index contributed by atoms with van der Waals surface area (Å²) in [6, 6.07) is 9.34. The maximum absolute atomic E-state index is 12.7. The lowest BCUT2D eigenvalue weighted by molar-refractivity contribution is -0.113. The smallest absolute Gasteiger partial charge is 0.298 e. The number of rotatable bonds is 5. The van der Waals surface area contributed by atoms with Gasteiger partial charge in [-0.1, -0.05) is 6.07 Å². The van der Waals surface area contributed by atoms with Crippen molar-refractivity contribution in [2.75, 3.05) is 26.2 Å². The highest BCUT2D eigenvalue weighted by Gasteiger charge is 2.36. The molecule has 1 saturated heterocycles. The van der Waals surface area contributed by atoms with Crippen molar-refractivity contribution in [2.45, 2.75) is 0 Å². The molecule has 2 amide bonds. The van der Waals surface area contributed by atoms with Gasteiger partial charge in [0.15, 0.2) is 11.5 Å². The van der Waals surface area contributed by atoms with Gasteiger partial charge in [-0.2, -0.15) is 0 Å². The minimum Gasteiger partial charge on any atom is -0.508 e. The van der Waals surface area contributed by atoms with Crippen molar-refractivity contribution < 1.29 is 28.9 Å². The molecule has 2 aromatic carbocycles. The second-order valence-electron chi connectivity index (χ2n) is 5.50. The van der Waals surface area contributed by atoms with Gasteiger partial charge in [0.1, 0.15) is 5.75 Å². The van der Waals surface area contributed by atoms with Crippen LogP contribution in [0.4, 0.5) is 10.5 Å². The Bertz CT molecular complexity index is 915. The molecule has 2 aromatic rings. The molecule has 7 nitrogen and oxygen atoms in total. The number of amides is 2. The first-order valence-corrected chi connectivity index (χ1v) is 8.67. The molecule has 1 heterocycles. The number of phenols is 1. The molecule has 0 atom stereocenters. The van der Waals surface area contributed by atoms with Crippen LogP contribution in [0.5, 0.6) is 23.0 Å². The van der Waals surface area contributed by atoms with Crippen LogP contribution in [0.1, 0.15) is 5.56 Å². The molecule has 0 aromatic heterocycles. The van der Waals surface area contributed by atoms with E-state index in [1.54, 1.807) is 30.3 Å². The van der Waals surface area contributed by atoms with Crippen LogP contribution in [-0.2, 0) is 4.79 Å². The predicted molar refractivity (Wildman–Crippen MR) is 103 cm³/mol. The first kappa shape index (κ1) is 18.7. The summed E-state index contributed by atoms with van der Waals surface area (Å²) in [5, 5.41) is 9.16. The zero-order valence-electron chi connectivity index (χ0n) is 14.9. The van der Waals surface area contributed by atoms with E-state index in [-0.39, 0.29) is 10.7 Å². The summed E-state index contributed by atoms with van der Waals surface area (Å²) >= 11 is 0.818. The molecule has 27 heavy (non-hydrogen) atoms. The lowest BCUT2D eigenvalue weighted by Gasteiger charge is -2.13. The number of methoxy groups -OCH3 is 3. The molecule has 0 unspecified atom stereocenters. The van der Waals surface area contributed by atoms with E-state index in [4.69, 9.17) is 14.2 Å². The van der Waals surface area contributed by atoms with Gasteiger partial charge in [0, 0.05) is 6.07 Å². The molecular weight excluding hydrogens is 370 g/mol. The minimum atomic E-state index is -0.468. The van der Waals surface area contributed by atoms with Crippen LogP contribution >= 0.6 is 11.8 Å². The Kier molecular flexibility index (Phi) is 5.27. The highest BCUT2D eigenvalue weighted by atomic mass is 32.2. The Morgan fingerprint density at radius 3 is 2.22 bits per heavy atom. The molecule has 0 bridgehead atoms. The zero-order chi connectivity index (χ0) is 19.6. The van der Waals surface area contributed by atoms with Crippen LogP contribution in [0, 0.1) is 0 Å². The number of thioether (sulfide) groups is 1. The third-order valence-electron chi connectivity index (χ3n) is 3.87. The molecule has 3 rings (SSSR count). The van der Waals surface area contributed by atoms with Crippen molar-refractivity contribution in [1.29, 1.82) is 0 Å². The van der Waals surface area contributed by atoms with E-state index in [9.17, 15) is 14.7 Å². The monoisotopic (exact) mass is 387 g/mol. The molecule has 0 radical (unpaired) electrons. The lowest BCUT2D eigenvalue weighted by atomic mass is 10.1. The van der Waals surface area contributed by atoms with Crippen LogP contribution in [-0.4, -0.2) is 37.6 Å². The topological polar surface area (TPSA) is 85.3 Å². The summed E-state index contributed by atoms with van der Waals surface area (Å²) in [7, 11) is 4.49. The first-order valence-electron chi connectivity index (χ1n) is 7.85. The number of anilines is 1. The van der Waals surface area contributed by atoms with E-state index in [1.165, 1.54) is 33.5 Å². The van der Waals surface area contributed by atoms with E-state index >= 15 is 0 Å². The third kappa shape index (κ3) is 3.56. The van der Waals surface area contributed by atoms with E-state index in [0.717, 1.165) is 16.7 Å². The van der Waals surface area contributed by atoms with E-state index < -0.39 is 11.1 Å². The van der Waals surface area contributed by atoms with E-state index in [2.05, 4.69) is 0 Å². The number of ether oxygens (including phenoxy) is 3. The van der Waals surface area contributed by atoms with Crippen molar-refractivity contribution in [3.63, 3.8) is 0 Å². The van der Waals surface area contributed by atoms with Gasteiger partial charge in [-0.15, -0.1) is 0 Å². The molecule has 0 saturated carbocycles. The molecule has 8 heteroatoms. The molecule has 0 aliphatic carbocycles. The Balaban J connectivity index is 1.99. The second-order valence-corrected chi connectivity index (χ2v) is 6.49. The van der Waals surface area contributed by atoms with Gasteiger partial charge in [0.25, 0.3) is 11.1 Å². The fourth-order valence-electron chi connectivity index (χ4n) is 2.66. The third-order valence-corrected chi connectivity index (χ3v) is 4.74. The maximum atomic E-state index is 12.7. The van der Waals surface area contributed by atoms with Crippen LogP contribution in [0.2, 0.25) is 0 Å². The summed E-state index contributed by atoms with van der Waals surface area (Å²) < 4.78 is 15.9. The normalized spacial score (nSPS) is 15.4. The molecular formula is C19H17NO6S. The number of phenolic OH excluding ortho intramolecular Hbond substituents is 1. The Morgan fingerprint density at radius 2 is 1.67 bits per heavy atom. The average Bonchev–Trinajstić information content (AvgIpc) is 2.94. The lowest BCUT2D eigenvalue weighted by Crippen LogP contribution is -2.27. The Hall–Kier alpha value is -3.13. The Morgan fingerprint density at radius 1 is 1.00 bits per heavy atom. The standard InChI is InChI=1S/C19H17NO6S/c1-24-14-7-11(8-15(25-2)17(14)26-3)9-16-18(22)20(19(23)27-16)12-5-4-6-13(21)10-12/h4-10,21H,1-3H3/b16-9-. The average molecular weight is 387 g/mol. The van der Waals surface area contributed by atoms with Crippen molar-refractivity contribution in [3.8, 4) is 23.0 Å². The molecule has 1 aliphatic rings. The molecule has 1 aliphatic heterocycles. The second kappa shape index (κ2) is 7.63. The number of hydrogen-bond donors (Lipinski definition) is 1. The SMILES string of the molecule is COc1cc(/C=C2\SC(=O)N(c3cccc(O)c3)C2=O)cc(OC)c1OC. The summed E-state index contributed by atoms with van der Waals surface area (Å²) in [5.41, 5.74) is 0.928. The van der Waals surface area contributed by atoms with Gasteiger partial charge in [-0.3, -0.25) is 9.59 Å². The zero-order valence-corrected chi connectivity index (χ0v) is 15.7. The molecule has 1 N–H and O–H groups in total. The molecule has 140 valence electrons. The highest BCUT2D eigenvalue weighted by Crippen LogP contribution is 2.41. The number of hydrogen-bond acceptors (Lipinski definition) is 7. The Labute approximate surface area is 160 Å². The van der Waals surface area contributed by atoms with Gasteiger partial charge >= 0.3 is 0 Å². The highest BCUT2D eigenvalue weighted by molar-refractivity contribution is 8.19. The fourth-order valence-corrected chi connectivity index (χ4v) is 3.50. The number of aromatic hydroxyl groups is 1. The number of carbonyl (C=O) groups is 2. The fraction of sp³-hybridized carbons (Fsp3) is 0.158. The van der Waals surface area contributed by atoms with E-state index in [1.807, 2.05) is 0 Å². The van der Waals surface area contributed by atoms with Crippen molar-refractivity contribution >= 4 is 34.7 Å². The van der Waals surface area contributed by atoms with Crippen molar-refractivity contribution in [2.24, 2.45) is 0 Å². The number of nitrogens with zero attached hydrogens (tertiary/aromatic N) is 1. The van der Waals surface area contributed by atoms with Crippen LogP contribution in [0.15, 0.2) is 41.3 Å². The number of imide groups is 1. The molecule has 0 spiro atoms. The largest absolute Gasteiger partial charge is 0.508 e. The van der Waals surface area contributed by atoms with Crippen molar-refractivity contribution in [1.82, 2.24) is 0 Å². The van der Waals surface area contributed by atoms with Gasteiger partial charge in [-0.05, 0) is 47.7 Å². The van der Waals surface area contributed by atoms with E-state index in [0.29, 0.717) is 28.5 Å². The quantitative estimate of drug-likeness (QED) is 0.784. The first-order chi connectivity index (χ1) is 13.0. The van der Waals surface area contributed by atoms with Gasteiger partial charge in [0.2, 0.25) is 5.75 Å². The number of benzene rings is 2. The van der Waals surface area contributed by atoms with Crippen LogP contribution in [0.3, 0.4) is 0 Å². The summed E-state index contributed by atoms with van der Waals surface area (Å²) in [5.74, 6) is 0.820. The van der Waals surface area contributed by atoms with Gasteiger partial charge in [-0.25, -0.2) is 4.90 Å².